The molecule has 0 fully saturated rings. The number of carbonyl (C=O) groups excluding carboxylic acids is 1. The number of nitrogens with zero attached hydrogens (tertiary/aromatic N) is 1. The lowest BCUT2D eigenvalue weighted by molar-refractivity contribution is -0.120. The van der Waals surface area contributed by atoms with Crippen molar-refractivity contribution < 1.29 is 13.2 Å². The number of hydrogen-bond donors (Lipinski definition) is 2. The second-order valence-corrected chi connectivity index (χ2v) is 7.72. The average Bonchev–Trinajstić information content (AvgIpc) is 3.02. The van der Waals surface area contributed by atoms with Crippen molar-refractivity contribution in [3.05, 3.63) is 59.7 Å². The normalized spacial score (nSPS) is 15.0. The van der Waals surface area contributed by atoms with Gasteiger partial charge in [-0.3, -0.25) is 4.79 Å². The van der Waals surface area contributed by atoms with Crippen LogP contribution in [0.2, 0.25) is 0 Å². The number of fused-ring (bicyclic) bond motifs is 1. The highest BCUT2D eigenvalue weighted by atomic mass is 32.2. The number of hydrogen-bond acceptors (Lipinski definition) is 4. The number of sulfonamides is 1. The van der Waals surface area contributed by atoms with E-state index in [9.17, 15) is 13.2 Å². The van der Waals surface area contributed by atoms with E-state index in [1.54, 1.807) is 12.1 Å². The molecule has 1 amide bonds. The third kappa shape index (κ3) is 3.89. The molecule has 2 aromatic rings. The van der Waals surface area contributed by atoms with Crippen molar-refractivity contribution in [2.24, 2.45) is 5.14 Å². The Hall–Kier alpha value is -2.22. The Morgan fingerprint density at radius 2 is 1.88 bits per heavy atom. The Kier molecular flexibility index (Phi) is 4.89. The molecular formula is C18H21N3O3S. The lowest BCUT2D eigenvalue weighted by Crippen LogP contribution is -2.44. The molecule has 2 aromatic carbocycles. The Morgan fingerprint density at radius 3 is 2.56 bits per heavy atom. The Bertz CT molecular complexity index is 879. The molecule has 0 aliphatic carbocycles. The molecule has 3 N–H and O–H groups in total. The van der Waals surface area contributed by atoms with Crippen LogP contribution in [0.15, 0.2) is 53.4 Å². The third-order valence-electron chi connectivity index (χ3n) is 4.39. The number of nitrogens with two attached hydrogens (primary N) is 1. The second-order valence-electron chi connectivity index (χ2n) is 6.16. The van der Waals surface area contributed by atoms with Gasteiger partial charge in [0.15, 0.2) is 0 Å². The standard InChI is InChI=1S/C18H21N3O3S/c1-13(18(22)21-11-10-15-4-2-3-5-17(15)21)20-12-14-6-8-16(9-7-14)25(19,23)24/h2-9,13,20H,10-12H2,1H3,(H2,19,23,24)/t13-/m0/s1. The van der Waals surface area contributed by atoms with Gasteiger partial charge in [0.05, 0.1) is 10.9 Å². The highest BCUT2D eigenvalue weighted by Crippen LogP contribution is 2.27. The highest BCUT2D eigenvalue weighted by molar-refractivity contribution is 7.89. The van der Waals surface area contributed by atoms with Gasteiger partial charge in [0.2, 0.25) is 15.9 Å². The van der Waals surface area contributed by atoms with Crippen molar-refractivity contribution in [1.82, 2.24) is 5.32 Å². The smallest absolute Gasteiger partial charge is 0.243 e. The summed E-state index contributed by atoms with van der Waals surface area (Å²) in [4.78, 5) is 14.6. The molecule has 0 bridgehead atoms. The van der Waals surface area contributed by atoms with Crippen LogP contribution in [0.3, 0.4) is 0 Å². The van der Waals surface area contributed by atoms with Crippen LogP contribution in [-0.2, 0) is 27.8 Å². The molecule has 25 heavy (non-hydrogen) atoms. The van der Waals surface area contributed by atoms with Gasteiger partial charge in [0.1, 0.15) is 0 Å². The van der Waals surface area contributed by atoms with Gasteiger partial charge in [-0.25, -0.2) is 13.6 Å². The minimum absolute atomic E-state index is 0.0334. The van der Waals surface area contributed by atoms with E-state index in [2.05, 4.69) is 5.32 Å². The fourth-order valence-electron chi connectivity index (χ4n) is 2.96. The molecule has 0 unspecified atom stereocenters. The van der Waals surface area contributed by atoms with E-state index < -0.39 is 10.0 Å². The van der Waals surface area contributed by atoms with Crippen molar-refractivity contribution in [2.75, 3.05) is 11.4 Å². The third-order valence-corrected chi connectivity index (χ3v) is 5.32. The summed E-state index contributed by atoms with van der Waals surface area (Å²) in [6, 6.07) is 13.9. The lowest BCUT2D eigenvalue weighted by Gasteiger charge is -2.22. The lowest BCUT2D eigenvalue weighted by atomic mass is 10.2. The highest BCUT2D eigenvalue weighted by Gasteiger charge is 2.27. The summed E-state index contributed by atoms with van der Waals surface area (Å²) in [5.74, 6) is 0.0334. The first-order chi connectivity index (χ1) is 11.9. The van der Waals surface area contributed by atoms with E-state index >= 15 is 0 Å². The van der Waals surface area contributed by atoms with E-state index in [0.717, 1.165) is 17.7 Å². The summed E-state index contributed by atoms with van der Waals surface area (Å²) < 4.78 is 22.5. The van der Waals surface area contributed by atoms with Crippen LogP contribution in [0, 0.1) is 0 Å². The number of rotatable bonds is 5. The fourth-order valence-corrected chi connectivity index (χ4v) is 3.47. The van der Waals surface area contributed by atoms with Crippen molar-refractivity contribution in [2.45, 2.75) is 30.8 Å². The minimum atomic E-state index is -3.68. The Labute approximate surface area is 147 Å². The molecule has 0 spiro atoms. The maximum Gasteiger partial charge on any atom is 0.243 e. The molecule has 0 saturated heterocycles. The molecule has 1 aliphatic heterocycles. The summed E-state index contributed by atoms with van der Waals surface area (Å²) in [5.41, 5.74) is 3.06. The number of carbonyl (C=O) groups is 1. The molecule has 3 rings (SSSR count). The van der Waals surface area contributed by atoms with Crippen LogP contribution in [0.4, 0.5) is 5.69 Å². The molecule has 7 heteroatoms. The van der Waals surface area contributed by atoms with E-state index in [1.807, 2.05) is 36.1 Å². The van der Waals surface area contributed by atoms with Crippen LogP contribution in [0.25, 0.3) is 0 Å². The zero-order chi connectivity index (χ0) is 18.0. The molecule has 0 aromatic heterocycles. The minimum Gasteiger partial charge on any atom is -0.310 e. The second kappa shape index (κ2) is 6.95. The Morgan fingerprint density at radius 1 is 1.20 bits per heavy atom. The summed E-state index contributed by atoms with van der Waals surface area (Å²) >= 11 is 0. The first kappa shape index (κ1) is 17.6. The van der Waals surface area contributed by atoms with E-state index in [-0.39, 0.29) is 16.8 Å². The van der Waals surface area contributed by atoms with E-state index in [4.69, 9.17) is 5.14 Å². The van der Waals surface area contributed by atoms with E-state index in [1.165, 1.54) is 17.7 Å². The van der Waals surface area contributed by atoms with Crippen molar-refractivity contribution in [1.29, 1.82) is 0 Å². The summed E-state index contributed by atoms with van der Waals surface area (Å²) in [7, 11) is -3.68. The number of benzene rings is 2. The number of primary sulfonamides is 1. The van der Waals surface area contributed by atoms with Gasteiger partial charge in [-0.05, 0) is 42.7 Å². The van der Waals surface area contributed by atoms with Crippen LogP contribution < -0.4 is 15.4 Å². The predicted molar refractivity (Wildman–Crippen MR) is 96.6 cm³/mol. The largest absolute Gasteiger partial charge is 0.310 e. The molecular weight excluding hydrogens is 338 g/mol. The molecule has 1 atom stereocenters. The summed E-state index contributed by atoms with van der Waals surface area (Å²) in [5, 5.41) is 8.28. The van der Waals surface area contributed by atoms with Crippen LogP contribution in [0.1, 0.15) is 18.1 Å². The molecule has 132 valence electrons. The maximum atomic E-state index is 12.7. The van der Waals surface area contributed by atoms with Crippen molar-refractivity contribution in [3.63, 3.8) is 0 Å². The zero-order valence-corrected chi connectivity index (χ0v) is 14.8. The zero-order valence-electron chi connectivity index (χ0n) is 14.0. The summed E-state index contributed by atoms with van der Waals surface area (Å²) in [6.45, 7) is 3.00. The monoisotopic (exact) mass is 359 g/mol. The number of anilines is 1. The summed E-state index contributed by atoms with van der Waals surface area (Å²) in [6.07, 6.45) is 0.879. The van der Waals surface area contributed by atoms with Crippen LogP contribution in [0.5, 0.6) is 0 Å². The van der Waals surface area contributed by atoms with Gasteiger partial charge >= 0.3 is 0 Å². The number of amides is 1. The predicted octanol–water partition coefficient (Wildman–Crippen LogP) is 1.40. The molecule has 1 heterocycles. The quantitative estimate of drug-likeness (QED) is 0.844. The SMILES string of the molecule is C[C@H](NCc1ccc(S(N)(=O)=O)cc1)C(=O)N1CCc2ccccc21. The van der Waals surface area contributed by atoms with Gasteiger partial charge in [0, 0.05) is 18.8 Å². The first-order valence-corrected chi connectivity index (χ1v) is 9.65. The maximum absolute atomic E-state index is 12.7. The average molecular weight is 359 g/mol. The van der Waals surface area contributed by atoms with Gasteiger partial charge in [-0.1, -0.05) is 30.3 Å². The fraction of sp³-hybridized carbons (Fsp3) is 0.278. The van der Waals surface area contributed by atoms with Crippen LogP contribution in [-0.4, -0.2) is 26.9 Å². The van der Waals surface area contributed by atoms with Gasteiger partial charge in [-0.2, -0.15) is 0 Å². The van der Waals surface area contributed by atoms with Gasteiger partial charge < -0.3 is 10.2 Å². The number of nitrogens with one attached hydrogen (secondary N) is 1. The molecule has 0 radical (unpaired) electrons. The molecule has 0 saturated carbocycles. The van der Waals surface area contributed by atoms with Crippen molar-refractivity contribution in [3.8, 4) is 0 Å². The van der Waals surface area contributed by atoms with Crippen molar-refractivity contribution >= 4 is 21.6 Å². The van der Waals surface area contributed by atoms with Gasteiger partial charge in [-0.15, -0.1) is 0 Å². The molecule has 1 aliphatic rings. The number of para-hydroxylation sites is 1. The Balaban J connectivity index is 1.61. The van der Waals surface area contributed by atoms with E-state index in [0.29, 0.717) is 13.1 Å². The van der Waals surface area contributed by atoms with Gasteiger partial charge in [0.25, 0.3) is 0 Å². The topological polar surface area (TPSA) is 92.5 Å². The van der Waals surface area contributed by atoms with Crippen LogP contribution >= 0.6 is 0 Å². The molecule has 6 nitrogen and oxygen atoms in total. The first-order valence-electron chi connectivity index (χ1n) is 8.10.